The van der Waals surface area contributed by atoms with Crippen molar-refractivity contribution in [2.75, 3.05) is 13.7 Å². The van der Waals surface area contributed by atoms with Gasteiger partial charge in [-0.15, -0.1) is 0 Å². The summed E-state index contributed by atoms with van der Waals surface area (Å²) in [7, 11) is 1.63. The normalized spacial score (nSPS) is 10.9. The third-order valence-electron chi connectivity index (χ3n) is 3.61. The van der Waals surface area contributed by atoms with Gasteiger partial charge in [-0.2, -0.15) is 0 Å². The van der Waals surface area contributed by atoms with Crippen LogP contribution in [-0.4, -0.2) is 18.7 Å². The van der Waals surface area contributed by atoms with Crippen LogP contribution in [0.25, 0.3) is 23.1 Å². The van der Waals surface area contributed by atoms with E-state index in [9.17, 15) is 0 Å². The van der Waals surface area contributed by atoms with Crippen molar-refractivity contribution < 1.29 is 9.47 Å². The number of pyridine rings is 1. The predicted octanol–water partition coefficient (Wildman–Crippen LogP) is 4.98. The van der Waals surface area contributed by atoms with Crippen LogP contribution in [0.2, 0.25) is 0 Å². The van der Waals surface area contributed by atoms with Gasteiger partial charge in [0.2, 0.25) is 0 Å². The van der Waals surface area contributed by atoms with Crippen LogP contribution in [-0.2, 0) is 0 Å². The van der Waals surface area contributed by atoms with Crippen LogP contribution in [0, 0.1) is 0 Å². The molecule has 0 aliphatic carbocycles. The molecule has 0 aliphatic rings. The second kappa shape index (κ2) is 7.47. The highest BCUT2D eigenvalue weighted by Gasteiger charge is 2.04. The monoisotopic (exact) mass is 317 g/mol. The first-order chi connectivity index (χ1) is 11.8. The van der Waals surface area contributed by atoms with Gasteiger partial charge < -0.3 is 9.47 Å². The summed E-state index contributed by atoms with van der Waals surface area (Å²) in [4.78, 5) is 4.64. The van der Waals surface area contributed by atoms with Crippen molar-refractivity contribution in [2.45, 2.75) is 0 Å². The quantitative estimate of drug-likeness (QED) is 0.601. The number of para-hydroxylation sites is 1. The van der Waals surface area contributed by atoms with Crippen molar-refractivity contribution in [2.24, 2.45) is 0 Å². The number of aromatic nitrogens is 1. The Labute approximate surface area is 141 Å². The molecule has 0 N–H and O–H groups in total. The molecule has 0 unspecified atom stereocenters. The van der Waals surface area contributed by atoms with Gasteiger partial charge in [-0.05, 0) is 35.9 Å². The highest BCUT2D eigenvalue weighted by atomic mass is 16.5. The van der Waals surface area contributed by atoms with Crippen LogP contribution in [0.4, 0.5) is 0 Å². The summed E-state index contributed by atoms with van der Waals surface area (Å²) in [6.45, 7) is 4.10. The third kappa shape index (κ3) is 3.63. The molecule has 0 amide bonds. The Bertz CT molecular complexity index is 884. The standard InChI is InChI=1S/C21H19NO2/c1-3-14-24-20-13-9-16(15-21(20)23-2)8-11-18-12-10-17-6-4-5-7-19(17)22-18/h3-13,15H,1,14H2,2H3. The van der Waals surface area contributed by atoms with Crippen LogP contribution in [0.15, 0.2) is 67.3 Å². The molecule has 0 atom stereocenters. The first-order valence-electron chi connectivity index (χ1n) is 7.76. The largest absolute Gasteiger partial charge is 0.493 e. The maximum absolute atomic E-state index is 5.56. The molecule has 0 fully saturated rings. The Morgan fingerprint density at radius 3 is 2.71 bits per heavy atom. The van der Waals surface area contributed by atoms with Crippen LogP contribution in [0.5, 0.6) is 11.5 Å². The molecule has 0 saturated carbocycles. The number of methoxy groups -OCH3 is 1. The zero-order valence-electron chi connectivity index (χ0n) is 13.6. The molecule has 1 aromatic heterocycles. The number of hydrogen-bond acceptors (Lipinski definition) is 3. The molecule has 3 rings (SSSR count). The van der Waals surface area contributed by atoms with Crippen molar-refractivity contribution in [3.63, 3.8) is 0 Å². The molecule has 0 radical (unpaired) electrons. The highest BCUT2D eigenvalue weighted by Crippen LogP contribution is 2.28. The Morgan fingerprint density at radius 1 is 1.00 bits per heavy atom. The second-order valence-electron chi connectivity index (χ2n) is 5.27. The Kier molecular flexibility index (Phi) is 4.92. The fraction of sp³-hybridized carbons (Fsp3) is 0.0952. The van der Waals surface area contributed by atoms with Gasteiger partial charge in [0.25, 0.3) is 0 Å². The van der Waals surface area contributed by atoms with Gasteiger partial charge in [0.1, 0.15) is 6.61 Å². The van der Waals surface area contributed by atoms with Gasteiger partial charge in [-0.25, -0.2) is 4.98 Å². The molecule has 0 spiro atoms. The van der Waals surface area contributed by atoms with E-state index in [2.05, 4.69) is 23.7 Å². The molecule has 2 aromatic carbocycles. The van der Waals surface area contributed by atoms with E-state index < -0.39 is 0 Å². The molecular formula is C21H19NO2. The highest BCUT2D eigenvalue weighted by molar-refractivity contribution is 5.80. The van der Waals surface area contributed by atoms with E-state index in [0.29, 0.717) is 18.1 Å². The van der Waals surface area contributed by atoms with Gasteiger partial charge in [0.15, 0.2) is 11.5 Å². The Morgan fingerprint density at radius 2 is 1.88 bits per heavy atom. The van der Waals surface area contributed by atoms with E-state index in [1.807, 2.05) is 54.6 Å². The fourth-order valence-corrected chi connectivity index (χ4v) is 2.41. The maximum Gasteiger partial charge on any atom is 0.161 e. The summed E-state index contributed by atoms with van der Waals surface area (Å²) in [5, 5.41) is 1.14. The summed E-state index contributed by atoms with van der Waals surface area (Å²) in [6.07, 6.45) is 5.71. The number of fused-ring (bicyclic) bond motifs is 1. The lowest BCUT2D eigenvalue weighted by atomic mass is 10.1. The van der Waals surface area contributed by atoms with E-state index >= 15 is 0 Å². The molecule has 120 valence electrons. The van der Waals surface area contributed by atoms with Gasteiger partial charge in [0.05, 0.1) is 18.3 Å². The van der Waals surface area contributed by atoms with Crippen LogP contribution >= 0.6 is 0 Å². The SMILES string of the molecule is C=CCOc1ccc(C=Cc2ccc3ccccc3n2)cc1OC. The van der Waals surface area contributed by atoms with Gasteiger partial charge in [0, 0.05) is 5.39 Å². The fourth-order valence-electron chi connectivity index (χ4n) is 2.41. The summed E-state index contributed by atoms with van der Waals surface area (Å²) in [5.41, 5.74) is 2.93. The summed E-state index contributed by atoms with van der Waals surface area (Å²) >= 11 is 0. The second-order valence-corrected chi connectivity index (χ2v) is 5.27. The Balaban J connectivity index is 1.83. The van der Waals surface area contributed by atoms with Crippen molar-refractivity contribution in [3.8, 4) is 11.5 Å². The molecule has 24 heavy (non-hydrogen) atoms. The topological polar surface area (TPSA) is 31.4 Å². The Hall–Kier alpha value is -3.07. The van der Waals surface area contributed by atoms with E-state index in [-0.39, 0.29) is 0 Å². The van der Waals surface area contributed by atoms with Crippen LogP contribution in [0.3, 0.4) is 0 Å². The van der Waals surface area contributed by atoms with Crippen molar-refractivity contribution >= 4 is 23.1 Å². The lowest BCUT2D eigenvalue weighted by Gasteiger charge is -2.09. The molecular weight excluding hydrogens is 298 g/mol. The van der Waals surface area contributed by atoms with Gasteiger partial charge in [-0.1, -0.05) is 49.1 Å². The molecule has 3 aromatic rings. The van der Waals surface area contributed by atoms with Crippen LogP contribution in [0.1, 0.15) is 11.3 Å². The minimum Gasteiger partial charge on any atom is -0.493 e. The maximum atomic E-state index is 5.56. The lowest BCUT2D eigenvalue weighted by molar-refractivity contribution is 0.326. The smallest absolute Gasteiger partial charge is 0.161 e. The zero-order valence-corrected chi connectivity index (χ0v) is 13.6. The van der Waals surface area contributed by atoms with Gasteiger partial charge >= 0.3 is 0 Å². The molecule has 3 nitrogen and oxygen atoms in total. The van der Waals surface area contributed by atoms with Gasteiger partial charge in [-0.3, -0.25) is 0 Å². The molecule has 3 heteroatoms. The van der Waals surface area contributed by atoms with E-state index in [4.69, 9.17) is 9.47 Å². The average Bonchev–Trinajstić information content (AvgIpc) is 2.64. The minimum atomic E-state index is 0.451. The summed E-state index contributed by atoms with van der Waals surface area (Å²) in [6, 6.07) is 18.0. The third-order valence-corrected chi connectivity index (χ3v) is 3.61. The van der Waals surface area contributed by atoms with Crippen LogP contribution < -0.4 is 9.47 Å². The predicted molar refractivity (Wildman–Crippen MR) is 99.4 cm³/mol. The summed E-state index contributed by atoms with van der Waals surface area (Å²) in [5.74, 6) is 1.41. The van der Waals surface area contributed by atoms with Crippen molar-refractivity contribution in [1.82, 2.24) is 4.98 Å². The van der Waals surface area contributed by atoms with Crippen molar-refractivity contribution in [3.05, 3.63) is 78.5 Å². The minimum absolute atomic E-state index is 0.451. The number of ether oxygens (including phenoxy) is 2. The molecule has 0 aliphatic heterocycles. The number of nitrogens with zero attached hydrogens (tertiary/aromatic N) is 1. The molecule has 0 bridgehead atoms. The molecule has 0 saturated heterocycles. The average molecular weight is 317 g/mol. The number of rotatable bonds is 6. The zero-order chi connectivity index (χ0) is 16.8. The van der Waals surface area contributed by atoms with Crippen molar-refractivity contribution in [1.29, 1.82) is 0 Å². The van der Waals surface area contributed by atoms with E-state index in [1.54, 1.807) is 13.2 Å². The first kappa shape index (κ1) is 15.8. The van der Waals surface area contributed by atoms with E-state index in [0.717, 1.165) is 22.2 Å². The lowest BCUT2D eigenvalue weighted by Crippen LogP contribution is -1.96. The number of benzene rings is 2. The van der Waals surface area contributed by atoms with E-state index in [1.165, 1.54) is 0 Å². The first-order valence-corrected chi connectivity index (χ1v) is 7.76. The molecule has 1 heterocycles. The summed E-state index contributed by atoms with van der Waals surface area (Å²) < 4.78 is 10.9. The number of hydrogen-bond donors (Lipinski definition) is 0.